The number of benzene rings is 3. The number of pyridine rings is 1. The molecule has 9 heteroatoms. The summed E-state index contributed by atoms with van der Waals surface area (Å²) in [5.74, 6) is 0.239. The van der Waals surface area contributed by atoms with Crippen LogP contribution in [-0.2, 0) is 17.1 Å². The van der Waals surface area contributed by atoms with Crippen LogP contribution in [0.25, 0.3) is 33.1 Å². The number of nitrogens with zero attached hydrogens (tertiary/aromatic N) is 2. The second-order valence-electron chi connectivity index (χ2n) is 8.59. The molecule has 182 valence electrons. The number of rotatable bonds is 5. The lowest BCUT2D eigenvalue weighted by Crippen LogP contribution is -2.14. The number of carbonyl (C=O) groups excluding carboxylic acids is 1. The maximum atomic E-state index is 13.6. The van der Waals surface area contributed by atoms with Crippen LogP contribution in [0.15, 0.2) is 77.8 Å². The molecule has 2 aromatic heterocycles. The number of hydrogen-bond donors (Lipinski definition) is 2. The third kappa shape index (κ3) is 4.19. The maximum Gasteiger partial charge on any atom is 0.256 e. The molecule has 3 aromatic carbocycles. The molecule has 0 unspecified atom stereocenters. The number of aromatic nitrogens is 2. The summed E-state index contributed by atoms with van der Waals surface area (Å²) in [7, 11) is -0.640. The molecule has 0 radical (unpaired) electrons. The van der Waals surface area contributed by atoms with Crippen molar-refractivity contribution < 1.29 is 17.9 Å². The Morgan fingerprint density at radius 1 is 1.03 bits per heavy atom. The van der Waals surface area contributed by atoms with Gasteiger partial charge in [0.15, 0.2) is 0 Å². The zero-order valence-corrected chi connectivity index (χ0v) is 20.8. The highest BCUT2D eigenvalue weighted by Crippen LogP contribution is 2.31. The first-order chi connectivity index (χ1) is 17.2. The van der Waals surface area contributed by atoms with Gasteiger partial charge in [0.25, 0.3) is 5.91 Å². The highest BCUT2D eigenvalue weighted by molar-refractivity contribution is 7.89. The van der Waals surface area contributed by atoms with Gasteiger partial charge in [0.2, 0.25) is 10.0 Å². The number of carbonyl (C=O) groups is 1. The van der Waals surface area contributed by atoms with Crippen LogP contribution in [-0.4, -0.2) is 31.0 Å². The summed E-state index contributed by atoms with van der Waals surface area (Å²) < 4.78 is 31.2. The van der Waals surface area contributed by atoms with Crippen LogP contribution in [0.5, 0.6) is 5.75 Å². The Bertz CT molecular complexity index is 1770. The van der Waals surface area contributed by atoms with Crippen molar-refractivity contribution in [3.05, 3.63) is 84.1 Å². The van der Waals surface area contributed by atoms with Crippen LogP contribution >= 0.6 is 0 Å². The molecule has 36 heavy (non-hydrogen) atoms. The van der Waals surface area contributed by atoms with Gasteiger partial charge in [0.1, 0.15) is 10.6 Å². The lowest BCUT2D eigenvalue weighted by molar-refractivity contribution is 0.102. The fourth-order valence-electron chi connectivity index (χ4n) is 4.38. The molecule has 0 saturated heterocycles. The first-order valence-electron chi connectivity index (χ1n) is 11.1. The van der Waals surface area contributed by atoms with Gasteiger partial charge in [-0.3, -0.25) is 4.79 Å². The van der Waals surface area contributed by atoms with Crippen molar-refractivity contribution in [3.63, 3.8) is 0 Å². The van der Waals surface area contributed by atoms with Crippen molar-refractivity contribution in [2.24, 2.45) is 12.2 Å². The predicted octanol–water partition coefficient (Wildman–Crippen LogP) is 4.61. The predicted molar refractivity (Wildman–Crippen MR) is 141 cm³/mol. The van der Waals surface area contributed by atoms with Gasteiger partial charge in [-0.2, -0.15) is 0 Å². The van der Waals surface area contributed by atoms with E-state index >= 15 is 0 Å². The van der Waals surface area contributed by atoms with E-state index in [1.54, 1.807) is 55.1 Å². The Balaban J connectivity index is 1.63. The molecule has 5 rings (SSSR count). The highest BCUT2D eigenvalue weighted by Gasteiger charge is 2.19. The molecule has 0 saturated carbocycles. The van der Waals surface area contributed by atoms with E-state index in [2.05, 4.69) is 5.32 Å². The fraction of sp³-hybridized carbons (Fsp3) is 0.111. The van der Waals surface area contributed by atoms with Crippen LogP contribution in [0.4, 0.5) is 5.69 Å². The number of anilines is 1. The van der Waals surface area contributed by atoms with Crippen molar-refractivity contribution in [1.29, 1.82) is 0 Å². The van der Waals surface area contributed by atoms with E-state index in [1.165, 1.54) is 6.20 Å². The quantitative estimate of drug-likeness (QED) is 0.366. The number of amides is 1. The second-order valence-corrected chi connectivity index (χ2v) is 10.1. The number of hydrogen-bond acceptors (Lipinski definition) is 5. The minimum atomic E-state index is -3.94. The van der Waals surface area contributed by atoms with Gasteiger partial charge in [-0.1, -0.05) is 24.3 Å². The number of sulfonamides is 1. The number of nitrogens with one attached hydrogen (secondary N) is 1. The van der Waals surface area contributed by atoms with E-state index in [0.29, 0.717) is 44.5 Å². The van der Waals surface area contributed by atoms with E-state index < -0.39 is 10.0 Å². The molecule has 0 fully saturated rings. The molecule has 0 aliphatic rings. The Morgan fingerprint density at radius 3 is 2.53 bits per heavy atom. The van der Waals surface area contributed by atoms with E-state index in [9.17, 15) is 13.2 Å². The second kappa shape index (κ2) is 8.78. The largest absolute Gasteiger partial charge is 0.497 e. The smallest absolute Gasteiger partial charge is 0.256 e. The molecule has 0 spiro atoms. The lowest BCUT2D eigenvalue weighted by Gasteiger charge is -2.13. The van der Waals surface area contributed by atoms with Crippen molar-refractivity contribution >= 4 is 43.4 Å². The van der Waals surface area contributed by atoms with Crippen LogP contribution < -0.4 is 15.2 Å². The number of primary sulfonamides is 1. The van der Waals surface area contributed by atoms with Crippen LogP contribution in [0.2, 0.25) is 0 Å². The maximum absolute atomic E-state index is 13.6. The summed E-state index contributed by atoms with van der Waals surface area (Å²) in [6.45, 7) is 1.99. The van der Waals surface area contributed by atoms with Crippen molar-refractivity contribution in [3.8, 4) is 17.0 Å². The monoisotopic (exact) mass is 500 g/mol. The minimum absolute atomic E-state index is 0.00275. The SMILES string of the molecule is COc1ccc2nc(-c3ccccc3C)cc(C(=O)Nc3ccc4c(c3)c(S(N)(=O)=O)cn4C)c2c1. The summed E-state index contributed by atoms with van der Waals surface area (Å²) in [6, 6.07) is 20.1. The van der Waals surface area contributed by atoms with E-state index in [0.717, 1.165) is 11.1 Å². The summed E-state index contributed by atoms with van der Waals surface area (Å²) in [6.07, 6.45) is 1.46. The van der Waals surface area contributed by atoms with E-state index in [4.69, 9.17) is 14.9 Å². The number of fused-ring (bicyclic) bond motifs is 2. The zero-order chi connectivity index (χ0) is 25.6. The number of aryl methyl sites for hydroxylation is 2. The van der Waals surface area contributed by atoms with Gasteiger partial charge >= 0.3 is 0 Å². The molecule has 8 nitrogen and oxygen atoms in total. The topological polar surface area (TPSA) is 116 Å². The number of ether oxygens (including phenoxy) is 1. The standard InChI is InChI=1S/C27H24N4O4S/c1-16-6-4-5-7-19(16)24-14-21(20-13-18(35-3)9-10-23(20)30-24)27(32)29-17-8-11-25-22(12-17)26(15-31(25)2)36(28,33)34/h4-15H,1-3H3,(H,29,32)(H2,28,33,34). The molecule has 5 aromatic rings. The third-order valence-electron chi connectivity index (χ3n) is 6.20. The fourth-order valence-corrected chi connectivity index (χ4v) is 5.15. The summed E-state index contributed by atoms with van der Waals surface area (Å²) in [5, 5.41) is 9.38. The van der Waals surface area contributed by atoms with Crippen LogP contribution in [0.1, 0.15) is 15.9 Å². The van der Waals surface area contributed by atoms with Crippen LogP contribution in [0.3, 0.4) is 0 Å². The Hall–Kier alpha value is -4.21. The minimum Gasteiger partial charge on any atom is -0.497 e. The molecule has 0 bridgehead atoms. The van der Waals surface area contributed by atoms with E-state index in [1.807, 2.05) is 37.3 Å². The van der Waals surface area contributed by atoms with Gasteiger partial charge in [0.05, 0.1) is 23.9 Å². The van der Waals surface area contributed by atoms with Gasteiger partial charge in [-0.15, -0.1) is 0 Å². The molecule has 2 heterocycles. The van der Waals surface area contributed by atoms with Gasteiger partial charge in [-0.05, 0) is 55.0 Å². The molecular weight excluding hydrogens is 476 g/mol. The first kappa shape index (κ1) is 23.5. The van der Waals surface area contributed by atoms with Crippen LogP contribution in [0, 0.1) is 6.92 Å². The zero-order valence-electron chi connectivity index (χ0n) is 19.9. The molecular formula is C27H24N4O4S. The Labute approximate surface area is 208 Å². The summed E-state index contributed by atoms with van der Waals surface area (Å²) >= 11 is 0. The normalized spacial score (nSPS) is 11.7. The Morgan fingerprint density at radius 2 is 1.81 bits per heavy atom. The highest BCUT2D eigenvalue weighted by atomic mass is 32.2. The molecule has 0 atom stereocenters. The van der Waals surface area contributed by atoms with Gasteiger partial charge in [0, 0.05) is 40.8 Å². The summed E-state index contributed by atoms with van der Waals surface area (Å²) in [5.41, 5.74) is 4.81. The van der Waals surface area contributed by atoms with E-state index in [-0.39, 0.29) is 10.8 Å². The molecule has 3 N–H and O–H groups in total. The molecule has 0 aliphatic heterocycles. The molecule has 0 aliphatic carbocycles. The average Bonchev–Trinajstić information content (AvgIpc) is 3.19. The Kier molecular flexibility index (Phi) is 5.74. The van der Waals surface area contributed by atoms with Gasteiger partial charge in [-0.25, -0.2) is 18.5 Å². The van der Waals surface area contributed by atoms with Gasteiger partial charge < -0.3 is 14.6 Å². The van der Waals surface area contributed by atoms with Crippen molar-refractivity contribution in [2.45, 2.75) is 11.8 Å². The average molecular weight is 501 g/mol. The molecule has 1 amide bonds. The summed E-state index contributed by atoms with van der Waals surface area (Å²) in [4.78, 5) is 18.4. The number of nitrogens with two attached hydrogens (primary N) is 1. The first-order valence-corrected chi connectivity index (χ1v) is 12.7. The number of methoxy groups -OCH3 is 1. The lowest BCUT2D eigenvalue weighted by atomic mass is 10.0. The van der Waals surface area contributed by atoms with Crippen molar-refractivity contribution in [2.75, 3.05) is 12.4 Å². The third-order valence-corrected chi connectivity index (χ3v) is 7.14. The van der Waals surface area contributed by atoms with Crippen molar-refractivity contribution in [1.82, 2.24) is 9.55 Å².